The summed E-state index contributed by atoms with van der Waals surface area (Å²) in [4.78, 5) is 4.41. The second-order valence-corrected chi connectivity index (χ2v) is 5.30. The van der Waals surface area contributed by atoms with Crippen molar-refractivity contribution in [3.8, 4) is 0 Å². The Kier molecular flexibility index (Phi) is 3.52. The van der Waals surface area contributed by atoms with E-state index in [0.717, 1.165) is 18.7 Å². The lowest BCUT2D eigenvalue weighted by molar-refractivity contribution is 0.733. The van der Waals surface area contributed by atoms with Crippen LogP contribution in [0.2, 0.25) is 0 Å². The maximum atomic E-state index is 5.97. The molecule has 0 aliphatic rings. The third kappa shape index (κ3) is 2.58. The molecule has 2 aromatic heterocycles. The van der Waals surface area contributed by atoms with Gasteiger partial charge in [0, 0.05) is 18.4 Å². The van der Waals surface area contributed by atoms with Crippen LogP contribution in [0.25, 0.3) is 10.9 Å². The van der Waals surface area contributed by atoms with Gasteiger partial charge in [0.2, 0.25) is 0 Å². The Morgan fingerprint density at radius 3 is 2.80 bits per heavy atom. The Morgan fingerprint density at radius 1 is 1.15 bits per heavy atom. The quantitative estimate of drug-likeness (QED) is 0.788. The molecule has 0 fully saturated rings. The maximum Gasteiger partial charge on any atom is 0.0648 e. The molecule has 1 atom stereocenters. The summed E-state index contributed by atoms with van der Waals surface area (Å²) in [5, 5.41) is 1.26. The average molecular weight is 265 g/mol. The van der Waals surface area contributed by atoms with Crippen molar-refractivity contribution < 1.29 is 0 Å². The average Bonchev–Trinajstić information content (AvgIpc) is 2.84. The van der Waals surface area contributed by atoms with Gasteiger partial charge in [0.15, 0.2) is 0 Å². The molecular formula is C17H19N3. The zero-order valence-electron chi connectivity index (χ0n) is 11.7. The van der Waals surface area contributed by atoms with Crippen LogP contribution in [0.4, 0.5) is 0 Å². The summed E-state index contributed by atoms with van der Waals surface area (Å²) in [5.41, 5.74) is 9.61. The van der Waals surface area contributed by atoms with E-state index in [2.05, 4.69) is 46.1 Å². The standard InChI is InChI=1S/C17H19N3/c1-13(18)11-15-6-4-5-14-8-10-20(17(14)15)12-16-7-2-3-9-19-16/h2-10,13H,11-12,18H2,1H3. The van der Waals surface area contributed by atoms with Crippen LogP contribution in [0.3, 0.4) is 0 Å². The van der Waals surface area contributed by atoms with Crippen LogP contribution >= 0.6 is 0 Å². The molecule has 0 bridgehead atoms. The van der Waals surface area contributed by atoms with Crippen molar-refractivity contribution in [1.82, 2.24) is 9.55 Å². The lowest BCUT2D eigenvalue weighted by Crippen LogP contribution is -2.18. The van der Waals surface area contributed by atoms with Gasteiger partial charge in [-0.3, -0.25) is 4.98 Å². The molecule has 2 N–H and O–H groups in total. The molecule has 0 spiro atoms. The van der Waals surface area contributed by atoms with Gasteiger partial charge in [-0.15, -0.1) is 0 Å². The van der Waals surface area contributed by atoms with Crippen LogP contribution in [-0.4, -0.2) is 15.6 Å². The second kappa shape index (κ2) is 5.47. The summed E-state index contributed by atoms with van der Waals surface area (Å²) in [6, 6.07) is 14.8. The minimum atomic E-state index is 0.166. The van der Waals surface area contributed by atoms with Gasteiger partial charge in [0.05, 0.1) is 17.8 Å². The SMILES string of the molecule is CC(N)Cc1cccc2ccn(Cc3ccccn3)c12. The van der Waals surface area contributed by atoms with E-state index in [-0.39, 0.29) is 6.04 Å². The van der Waals surface area contributed by atoms with Gasteiger partial charge in [-0.25, -0.2) is 0 Å². The number of benzene rings is 1. The monoisotopic (exact) mass is 265 g/mol. The van der Waals surface area contributed by atoms with Crippen molar-refractivity contribution in [2.75, 3.05) is 0 Å². The van der Waals surface area contributed by atoms with E-state index in [1.165, 1.54) is 16.5 Å². The van der Waals surface area contributed by atoms with Gasteiger partial charge >= 0.3 is 0 Å². The van der Waals surface area contributed by atoms with Crippen molar-refractivity contribution in [2.24, 2.45) is 5.73 Å². The number of aromatic nitrogens is 2. The number of nitrogens with zero attached hydrogens (tertiary/aromatic N) is 2. The Labute approximate surface area is 119 Å². The van der Waals surface area contributed by atoms with E-state index in [1.54, 1.807) is 0 Å². The molecule has 3 heteroatoms. The van der Waals surface area contributed by atoms with E-state index < -0.39 is 0 Å². The first-order valence-corrected chi connectivity index (χ1v) is 6.96. The largest absolute Gasteiger partial charge is 0.341 e. The minimum absolute atomic E-state index is 0.166. The molecule has 0 saturated heterocycles. The summed E-state index contributed by atoms with van der Waals surface area (Å²) in [6.07, 6.45) is 4.86. The lowest BCUT2D eigenvalue weighted by atomic mass is 10.0. The summed E-state index contributed by atoms with van der Waals surface area (Å²) in [7, 11) is 0. The third-order valence-electron chi connectivity index (χ3n) is 3.47. The second-order valence-electron chi connectivity index (χ2n) is 5.30. The number of hydrogen-bond donors (Lipinski definition) is 1. The molecular weight excluding hydrogens is 246 g/mol. The van der Waals surface area contributed by atoms with Crippen LogP contribution in [0.15, 0.2) is 54.9 Å². The molecule has 3 rings (SSSR count). The Hall–Kier alpha value is -2.13. The Morgan fingerprint density at radius 2 is 2.05 bits per heavy atom. The summed E-state index contributed by atoms with van der Waals surface area (Å²) in [5.74, 6) is 0. The van der Waals surface area contributed by atoms with Crippen LogP contribution < -0.4 is 5.73 Å². The fraction of sp³-hybridized carbons (Fsp3) is 0.235. The normalized spacial score (nSPS) is 12.7. The van der Waals surface area contributed by atoms with E-state index in [1.807, 2.05) is 25.3 Å². The van der Waals surface area contributed by atoms with Gasteiger partial charge in [-0.1, -0.05) is 24.3 Å². The summed E-state index contributed by atoms with van der Waals surface area (Å²) in [6.45, 7) is 2.84. The highest BCUT2D eigenvalue weighted by Crippen LogP contribution is 2.22. The van der Waals surface area contributed by atoms with Crippen LogP contribution in [0, 0.1) is 0 Å². The van der Waals surface area contributed by atoms with Crippen molar-refractivity contribution in [3.05, 3.63) is 66.1 Å². The van der Waals surface area contributed by atoms with E-state index in [9.17, 15) is 0 Å². The number of fused-ring (bicyclic) bond motifs is 1. The van der Waals surface area contributed by atoms with E-state index in [0.29, 0.717) is 0 Å². The van der Waals surface area contributed by atoms with Crippen molar-refractivity contribution in [2.45, 2.75) is 25.9 Å². The van der Waals surface area contributed by atoms with E-state index >= 15 is 0 Å². The first kappa shape index (κ1) is 12.9. The molecule has 102 valence electrons. The highest BCUT2D eigenvalue weighted by Gasteiger charge is 2.08. The van der Waals surface area contributed by atoms with Crippen molar-refractivity contribution >= 4 is 10.9 Å². The number of hydrogen-bond acceptors (Lipinski definition) is 2. The maximum absolute atomic E-state index is 5.97. The molecule has 1 aromatic carbocycles. The zero-order valence-corrected chi connectivity index (χ0v) is 11.7. The molecule has 0 saturated carbocycles. The van der Waals surface area contributed by atoms with Gasteiger partial charge in [0.25, 0.3) is 0 Å². The number of nitrogens with two attached hydrogens (primary N) is 1. The molecule has 0 amide bonds. The lowest BCUT2D eigenvalue weighted by Gasteiger charge is -2.11. The Bertz CT molecular complexity index is 699. The topological polar surface area (TPSA) is 43.8 Å². The van der Waals surface area contributed by atoms with Crippen molar-refractivity contribution in [1.29, 1.82) is 0 Å². The van der Waals surface area contributed by atoms with E-state index in [4.69, 9.17) is 5.73 Å². The fourth-order valence-electron chi connectivity index (χ4n) is 2.65. The molecule has 0 aliphatic carbocycles. The zero-order chi connectivity index (χ0) is 13.9. The van der Waals surface area contributed by atoms with Gasteiger partial charge in [0.1, 0.15) is 0 Å². The molecule has 20 heavy (non-hydrogen) atoms. The molecule has 1 unspecified atom stereocenters. The highest BCUT2D eigenvalue weighted by atomic mass is 15.0. The number of rotatable bonds is 4. The highest BCUT2D eigenvalue weighted by molar-refractivity contribution is 5.83. The van der Waals surface area contributed by atoms with Crippen LogP contribution in [0.5, 0.6) is 0 Å². The minimum Gasteiger partial charge on any atom is -0.341 e. The predicted molar refractivity (Wildman–Crippen MR) is 82.6 cm³/mol. The number of pyridine rings is 1. The molecule has 0 radical (unpaired) electrons. The van der Waals surface area contributed by atoms with Crippen LogP contribution in [-0.2, 0) is 13.0 Å². The first-order chi connectivity index (χ1) is 9.74. The van der Waals surface area contributed by atoms with Crippen molar-refractivity contribution in [3.63, 3.8) is 0 Å². The number of para-hydroxylation sites is 1. The summed E-state index contributed by atoms with van der Waals surface area (Å²) >= 11 is 0. The molecule has 0 aliphatic heterocycles. The first-order valence-electron chi connectivity index (χ1n) is 6.96. The molecule has 2 heterocycles. The summed E-state index contributed by atoms with van der Waals surface area (Å²) < 4.78 is 2.26. The third-order valence-corrected chi connectivity index (χ3v) is 3.47. The van der Waals surface area contributed by atoms with Crippen LogP contribution in [0.1, 0.15) is 18.2 Å². The fourth-order valence-corrected chi connectivity index (χ4v) is 2.65. The Balaban J connectivity index is 2.03. The predicted octanol–water partition coefficient (Wildman–Crippen LogP) is 2.97. The molecule has 3 nitrogen and oxygen atoms in total. The molecule has 3 aromatic rings. The van der Waals surface area contributed by atoms with Gasteiger partial charge in [-0.05, 0) is 42.5 Å². The van der Waals surface area contributed by atoms with Gasteiger partial charge in [-0.2, -0.15) is 0 Å². The smallest absolute Gasteiger partial charge is 0.0648 e. The van der Waals surface area contributed by atoms with Gasteiger partial charge < -0.3 is 10.3 Å².